The van der Waals surface area contributed by atoms with E-state index in [2.05, 4.69) is 5.32 Å². The van der Waals surface area contributed by atoms with Crippen molar-refractivity contribution in [2.45, 2.75) is 25.4 Å². The molecule has 3 heterocycles. The van der Waals surface area contributed by atoms with Gasteiger partial charge >= 0.3 is 0 Å². The van der Waals surface area contributed by atoms with Crippen molar-refractivity contribution in [3.05, 3.63) is 29.3 Å². The molecule has 126 valence electrons. The summed E-state index contributed by atoms with van der Waals surface area (Å²) < 4.78 is 64.6. The lowest BCUT2D eigenvalue weighted by Gasteiger charge is -2.30. The Morgan fingerprint density at radius 1 is 1.17 bits per heavy atom. The number of imide groups is 1. The molecule has 4 rings (SSSR count). The van der Waals surface area contributed by atoms with E-state index in [1.165, 1.54) is 23.1 Å². The van der Waals surface area contributed by atoms with Crippen LogP contribution in [0.1, 0.15) is 39.7 Å². The molecular formula is C17H20N4O3. The first kappa shape index (κ1) is 8.62. The van der Waals surface area contributed by atoms with Crippen LogP contribution in [-0.4, -0.2) is 54.7 Å². The minimum Gasteiger partial charge on any atom is -0.369 e. The van der Waals surface area contributed by atoms with E-state index < -0.39 is 49.8 Å². The summed E-state index contributed by atoms with van der Waals surface area (Å²) in [6.45, 7) is -11.9. The summed E-state index contributed by atoms with van der Waals surface area (Å²) in [5.41, 5.74) is 0.398. The second-order valence-electron chi connectivity index (χ2n) is 5.68. The smallest absolute Gasteiger partial charge is 0.255 e. The van der Waals surface area contributed by atoms with Crippen LogP contribution in [0.3, 0.4) is 0 Å². The molecule has 3 aliphatic rings. The van der Waals surface area contributed by atoms with Crippen LogP contribution in [0.15, 0.2) is 18.2 Å². The molecule has 2 N–H and O–H groups in total. The van der Waals surface area contributed by atoms with E-state index in [0.717, 1.165) is 0 Å². The molecule has 1 unspecified atom stereocenters. The van der Waals surface area contributed by atoms with Gasteiger partial charge in [0, 0.05) is 55.7 Å². The Balaban J connectivity index is 1.72. The van der Waals surface area contributed by atoms with Crippen molar-refractivity contribution in [3.63, 3.8) is 0 Å². The highest BCUT2D eigenvalue weighted by Gasteiger charge is 2.39. The topological polar surface area (TPSA) is 81.8 Å². The zero-order valence-corrected chi connectivity index (χ0v) is 12.5. The summed E-state index contributed by atoms with van der Waals surface area (Å²) in [4.78, 5) is 38.1. The van der Waals surface area contributed by atoms with Crippen molar-refractivity contribution in [2.75, 3.05) is 30.9 Å². The number of hydrogen-bond donors (Lipinski definition) is 2. The number of carbonyl (C=O) groups excluding carboxylic acids is 3. The lowest BCUT2D eigenvalue weighted by atomic mass is 10.0. The van der Waals surface area contributed by atoms with Crippen LogP contribution in [0.25, 0.3) is 0 Å². The molecule has 0 radical (unpaired) electrons. The fraction of sp³-hybridized carbons (Fsp3) is 0.471. The molecule has 2 fully saturated rings. The van der Waals surface area contributed by atoms with E-state index in [9.17, 15) is 14.4 Å². The summed E-state index contributed by atoms with van der Waals surface area (Å²) in [6, 6.07) is 2.97. The lowest BCUT2D eigenvalue weighted by molar-refractivity contribution is -0.136. The number of rotatable bonds is 2. The number of piperidine rings is 1. The number of piperazine rings is 1. The van der Waals surface area contributed by atoms with E-state index in [1.807, 2.05) is 0 Å². The molecule has 2 saturated heterocycles. The number of nitrogens with zero attached hydrogens (tertiary/aromatic N) is 2. The highest BCUT2D eigenvalue weighted by atomic mass is 16.2. The molecule has 24 heavy (non-hydrogen) atoms. The highest BCUT2D eigenvalue weighted by Crippen LogP contribution is 2.30. The van der Waals surface area contributed by atoms with E-state index in [-0.39, 0.29) is 30.6 Å². The van der Waals surface area contributed by atoms with Gasteiger partial charge in [-0.2, -0.15) is 0 Å². The maximum Gasteiger partial charge on any atom is 0.255 e. The van der Waals surface area contributed by atoms with E-state index in [1.54, 1.807) is 5.32 Å². The van der Waals surface area contributed by atoms with Crippen molar-refractivity contribution in [3.8, 4) is 0 Å². The van der Waals surface area contributed by atoms with Crippen LogP contribution in [-0.2, 0) is 16.1 Å². The summed E-state index contributed by atoms with van der Waals surface area (Å²) in [6.07, 6.45) is 0.230. The Bertz CT molecular complexity index is 1010. The number of carbonyl (C=O) groups is 3. The largest absolute Gasteiger partial charge is 0.369 e. The Morgan fingerprint density at radius 3 is 2.71 bits per heavy atom. The molecule has 1 aromatic carbocycles. The zero-order chi connectivity index (χ0) is 23.9. The number of fused-ring (bicyclic) bond motifs is 1. The second-order valence-corrected chi connectivity index (χ2v) is 5.68. The highest BCUT2D eigenvalue weighted by molar-refractivity contribution is 6.05. The van der Waals surface area contributed by atoms with Crippen molar-refractivity contribution in [1.82, 2.24) is 15.5 Å². The minimum atomic E-state index is -3.00. The fourth-order valence-electron chi connectivity index (χ4n) is 3.06. The second kappa shape index (κ2) is 5.90. The van der Waals surface area contributed by atoms with Crippen molar-refractivity contribution >= 4 is 23.4 Å². The monoisotopic (exact) mass is 336 g/mol. The first-order chi connectivity index (χ1) is 14.6. The standard InChI is InChI=1S/C17H20N4O3/c22-15-4-3-14(16(23)19-15)21-10-11-9-12(1-2-13(11)17(21)24)20-7-5-18-6-8-20/h1-2,9,14,18H,3-8,10H2,(H,19,22,23)/i5D2,6D2,7D2,8D2. The third-order valence-corrected chi connectivity index (χ3v) is 4.23. The van der Waals surface area contributed by atoms with Crippen LogP contribution >= 0.6 is 0 Å². The molecule has 0 spiro atoms. The quantitative estimate of drug-likeness (QED) is 0.735. The number of anilines is 1. The third-order valence-electron chi connectivity index (χ3n) is 4.23. The first-order valence-electron chi connectivity index (χ1n) is 11.5. The van der Waals surface area contributed by atoms with Crippen LogP contribution in [0.5, 0.6) is 0 Å². The van der Waals surface area contributed by atoms with Gasteiger partial charge in [-0.05, 0) is 30.2 Å². The van der Waals surface area contributed by atoms with E-state index in [4.69, 9.17) is 11.0 Å². The van der Waals surface area contributed by atoms with Gasteiger partial charge in [0.2, 0.25) is 11.8 Å². The summed E-state index contributed by atoms with van der Waals surface area (Å²) in [5.74, 6) is -1.50. The average molecular weight is 336 g/mol. The normalized spacial score (nSPS) is 37.5. The molecule has 1 atom stereocenters. The number of nitrogens with one attached hydrogen (secondary N) is 2. The van der Waals surface area contributed by atoms with Crippen molar-refractivity contribution in [2.24, 2.45) is 0 Å². The Hall–Kier alpha value is -2.41. The molecule has 1 aromatic rings. The summed E-state index contributed by atoms with van der Waals surface area (Å²) >= 11 is 0. The number of amides is 3. The molecule has 7 heteroatoms. The number of hydrogen-bond acceptors (Lipinski definition) is 5. The molecule has 3 aliphatic heterocycles. The van der Waals surface area contributed by atoms with Crippen LogP contribution < -0.4 is 15.5 Å². The van der Waals surface area contributed by atoms with Crippen molar-refractivity contribution in [1.29, 1.82) is 0 Å². The molecular weight excluding hydrogens is 308 g/mol. The van der Waals surface area contributed by atoms with E-state index >= 15 is 0 Å². The maximum absolute atomic E-state index is 12.8. The van der Waals surface area contributed by atoms with Crippen LogP contribution in [0.4, 0.5) is 5.69 Å². The van der Waals surface area contributed by atoms with Crippen LogP contribution in [0.2, 0.25) is 0 Å². The Morgan fingerprint density at radius 2 is 1.96 bits per heavy atom. The molecule has 7 nitrogen and oxygen atoms in total. The summed E-state index contributed by atoms with van der Waals surface area (Å²) in [5, 5.41) is 3.96. The van der Waals surface area contributed by atoms with Gasteiger partial charge in [-0.25, -0.2) is 0 Å². The molecule has 0 aromatic heterocycles. The Kier molecular flexibility index (Phi) is 2.12. The van der Waals surface area contributed by atoms with Gasteiger partial charge < -0.3 is 15.1 Å². The van der Waals surface area contributed by atoms with Gasteiger partial charge in [-0.1, -0.05) is 0 Å². The predicted molar refractivity (Wildman–Crippen MR) is 87.6 cm³/mol. The molecule has 0 aliphatic carbocycles. The lowest BCUT2D eigenvalue weighted by Crippen LogP contribution is -2.52. The molecule has 3 amide bonds. The zero-order valence-electron chi connectivity index (χ0n) is 20.5. The van der Waals surface area contributed by atoms with E-state index in [0.29, 0.717) is 10.5 Å². The van der Waals surface area contributed by atoms with Gasteiger partial charge in [0.25, 0.3) is 5.91 Å². The van der Waals surface area contributed by atoms with Gasteiger partial charge in [0.1, 0.15) is 6.04 Å². The maximum atomic E-state index is 12.8. The predicted octanol–water partition coefficient (Wildman–Crippen LogP) is -0.143. The number of benzene rings is 1. The first-order valence-corrected chi connectivity index (χ1v) is 7.47. The molecule has 0 saturated carbocycles. The Labute approximate surface area is 151 Å². The fourth-order valence-corrected chi connectivity index (χ4v) is 3.06. The van der Waals surface area contributed by atoms with Gasteiger partial charge in [0.15, 0.2) is 0 Å². The molecule has 0 bridgehead atoms. The minimum absolute atomic E-state index is 0.0494. The van der Waals surface area contributed by atoms with Gasteiger partial charge in [0.05, 0.1) is 5.48 Å². The van der Waals surface area contributed by atoms with Crippen LogP contribution in [0, 0.1) is 0 Å². The summed E-state index contributed by atoms with van der Waals surface area (Å²) in [7, 11) is 0. The van der Waals surface area contributed by atoms with Gasteiger partial charge in [-0.3, -0.25) is 19.7 Å². The van der Waals surface area contributed by atoms with Gasteiger partial charge in [-0.15, -0.1) is 0 Å². The SMILES string of the molecule is [2H]C1([2H])NC([2H])([2H])C([2H])([2H])N(c2ccc3c(c2)CN(C2CCC(=O)NC2=O)C3=O)C1([2H])[2H]. The van der Waals surface area contributed by atoms with Crippen molar-refractivity contribution < 1.29 is 25.3 Å². The average Bonchev–Trinajstić information content (AvgIpc) is 2.95. The third kappa shape index (κ3) is 2.54.